The number of benzene rings is 1. The summed E-state index contributed by atoms with van der Waals surface area (Å²) in [6.07, 6.45) is 5.73. The van der Waals surface area contributed by atoms with Crippen molar-refractivity contribution in [2.24, 2.45) is 5.92 Å². The average Bonchev–Trinajstić information content (AvgIpc) is 2.78. The minimum atomic E-state index is -0.0249. The molecule has 0 bridgehead atoms. The van der Waals surface area contributed by atoms with Gasteiger partial charge < -0.3 is 10.2 Å². The number of aromatic nitrogens is 3. The molecule has 148 valence electrons. The monoisotopic (exact) mass is 387 g/mol. The maximum atomic E-state index is 13.2. The molecule has 1 aromatic carbocycles. The van der Waals surface area contributed by atoms with Gasteiger partial charge in [0, 0.05) is 43.7 Å². The van der Waals surface area contributed by atoms with Crippen LogP contribution in [0.2, 0.25) is 0 Å². The average molecular weight is 387 g/mol. The molecule has 1 aliphatic rings. The number of carbonyl (C=O) groups excluding carboxylic acids is 1. The summed E-state index contributed by atoms with van der Waals surface area (Å²) in [6, 6.07) is 15.4. The Kier molecular flexibility index (Phi) is 5.79. The van der Waals surface area contributed by atoms with Gasteiger partial charge in [-0.2, -0.15) is 0 Å². The summed E-state index contributed by atoms with van der Waals surface area (Å²) in [7, 11) is 0. The van der Waals surface area contributed by atoms with E-state index in [2.05, 4.69) is 27.2 Å². The van der Waals surface area contributed by atoms with Crippen LogP contribution in [0.4, 0.5) is 5.82 Å². The second kappa shape index (κ2) is 8.82. The summed E-state index contributed by atoms with van der Waals surface area (Å²) < 4.78 is 0. The molecule has 0 radical (unpaired) electrons. The van der Waals surface area contributed by atoms with Gasteiger partial charge in [-0.05, 0) is 36.5 Å². The predicted molar refractivity (Wildman–Crippen MR) is 113 cm³/mol. The highest BCUT2D eigenvalue weighted by Gasteiger charge is 2.24. The van der Waals surface area contributed by atoms with Crippen molar-refractivity contribution in [3.05, 3.63) is 72.2 Å². The Morgan fingerprint density at radius 1 is 1.14 bits per heavy atom. The number of nitrogens with one attached hydrogen (secondary N) is 1. The van der Waals surface area contributed by atoms with Crippen molar-refractivity contribution < 1.29 is 4.79 Å². The van der Waals surface area contributed by atoms with Crippen molar-refractivity contribution in [2.45, 2.75) is 26.3 Å². The van der Waals surface area contributed by atoms with Crippen LogP contribution in [-0.2, 0) is 6.54 Å². The van der Waals surface area contributed by atoms with Gasteiger partial charge >= 0.3 is 0 Å². The first-order valence-corrected chi connectivity index (χ1v) is 10.1. The van der Waals surface area contributed by atoms with E-state index in [0.717, 1.165) is 30.6 Å². The standard InChI is InChI=1S/C23H25N5O/c1-17-6-5-13-28(16-17)23(29)20-14-21(25-15-18-9-11-24-12-10-18)27-22(26-20)19-7-3-2-4-8-19/h2-4,7-12,14,17H,5-6,13,15-16H2,1H3,(H,25,26,27). The van der Waals surface area contributed by atoms with E-state index in [1.54, 1.807) is 18.5 Å². The van der Waals surface area contributed by atoms with Crippen molar-refractivity contribution in [1.29, 1.82) is 0 Å². The van der Waals surface area contributed by atoms with Crippen LogP contribution in [0.15, 0.2) is 60.9 Å². The van der Waals surface area contributed by atoms with Gasteiger partial charge in [0.1, 0.15) is 11.5 Å². The Morgan fingerprint density at radius 2 is 1.93 bits per heavy atom. The van der Waals surface area contributed by atoms with Crippen LogP contribution in [0.25, 0.3) is 11.4 Å². The molecule has 0 aliphatic carbocycles. The maximum absolute atomic E-state index is 13.2. The van der Waals surface area contributed by atoms with Crippen LogP contribution in [0.5, 0.6) is 0 Å². The van der Waals surface area contributed by atoms with Crippen LogP contribution < -0.4 is 5.32 Å². The van der Waals surface area contributed by atoms with Gasteiger partial charge in [-0.25, -0.2) is 9.97 Å². The van der Waals surface area contributed by atoms with E-state index >= 15 is 0 Å². The van der Waals surface area contributed by atoms with Crippen molar-refractivity contribution in [2.75, 3.05) is 18.4 Å². The molecule has 1 unspecified atom stereocenters. The summed E-state index contributed by atoms with van der Waals surface area (Å²) >= 11 is 0. The molecule has 1 N–H and O–H groups in total. The lowest BCUT2D eigenvalue weighted by atomic mass is 10.00. The molecule has 1 fully saturated rings. The number of likely N-dealkylation sites (tertiary alicyclic amines) is 1. The molecule has 6 heteroatoms. The maximum Gasteiger partial charge on any atom is 0.272 e. The third-order valence-electron chi connectivity index (χ3n) is 5.14. The molecule has 0 saturated carbocycles. The van der Waals surface area contributed by atoms with Crippen LogP contribution >= 0.6 is 0 Å². The lowest BCUT2D eigenvalue weighted by molar-refractivity contribution is 0.0677. The fourth-order valence-corrected chi connectivity index (χ4v) is 3.59. The molecule has 0 spiro atoms. The lowest BCUT2D eigenvalue weighted by Crippen LogP contribution is -2.39. The highest BCUT2D eigenvalue weighted by Crippen LogP contribution is 2.22. The Hall–Kier alpha value is -3.28. The van der Waals surface area contributed by atoms with Gasteiger partial charge in [-0.1, -0.05) is 37.3 Å². The summed E-state index contributed by atoms with van der Waals surface area (Å²) in [6.45, 7) is 4.36. The highest BCUT2D eigenvalue weighted by molar-refractivity contribution is 5.93. The van der Waals surface area contributed by atoms with Crippen LogP contribution in [0, 0.1) is 5.92 Å². The molecule has 3 heterocycles. The molecule has 6 nitrogen and oxygen atoms in total. The van der Waals surface area contributed by atoms with Gasteiger partial charge in [0.2, 0.25) is 0 Å². The molecule has 1 amide bonds. The molecule has 3 aromatic rings. The number of nitrogens with zero attached hydrogens (tertiary/aromatic N) is 4. The number of pyridine rings is 1. The third-order valence-corrected chi connectivity index (χ3v) is 5.14. The van der Waals surface area contributed by atoms with Crippen molar-refractivity contribution in [3.63, 3.8) is 0 Å². The van der Waals surface area contributed by atoms with Gasteiger partial charge in [0.15, 0.2) is 5.82 Å². The number of piperidine rings is 1. The SMILES string of the molecule is CC1CCCN(C(=O)c2cc(NCc3ccncc3)nc(-c3ccccc3)n2)C1. The summed E-state index contributed by atoms with van der Waals surface area (Å²) in [5, 5.41) is 3.33. The van der Waals surface area contributed by atoms with E-state index in [4.69, 9.17) is 0 Å². The molecule has 2 aromatic heterocycles. The second-order valence-electron chi connectivity index (χ2n) is 7.54. The Morgan fingerprint density at radius 3 is 2.69 bits per heavy atom. The summed E-state index contributed by atoms with van der Waals surface area (Å²) in [5.74, 6) is 1.69. The molecule has 1 aliphatic heterocycles. The fraction of sp³-hybridized carbons (Fsp3) is 0.304. The normalized spacial score (nSPS) is 16.4. The molecular weight excluding hydrogens is 362 g/mol. The minimum Gasteiger partial charge on any atom is -0.366 e. The van der Waals surface area contributed by atoms with E-state index in [1.165, 1.54) is 6.42 Å². The molecular formula is C23H25N5O. The van der Waals surface area contributed by atoms with Crippen LogP contribution in [-0.4, -0.2) is 38.8 Å². The zero-order valence-corrected chi connectivity index (χ0v) is 16.6. The van der Waals surface area contributed by atoms with E-state index in [-0.39, 0.29) is 5.91 Å². The Balaban J connectivity index is 1.63. The first kappa shape index (κ1) is 19.1. The van der Waals surface area contributed by atoms with E-state index < -0.39 is 0 Å². The van der Waals surface area contributed by atoms with Crippen LogP contribution in [0.1, 0.15) is 35.8 Å². The first-order valence-electron chi connectivity index (χ1n) is 10.1. The van der Waals surface area contributed by atoms with Crippen LogP contribution in [0.3, 0.4) is 0 Å². The summed E-state index contributed by atoms with van der Waals surface area (Å²) in [4.78, 5) is 28.4. The first-order chi connectivity index (χ1) is 14.2. The lowest BCUT2D eigenvalue weighted by Gasteiger charge is -2.30. The molecule has 1 saturated heterocycles. The topological polar surface area (TPSA) is 71.0 Å². The Bertz CT molecular complexity index is 962. The number of hydrogen-bond acceptors (Lipinski definition) is 5. The number of amides is 1. The highest BCUT2D eigenvalue weighted by atomic mass is 16.2. The predicted octanol–water partition coefficient (Wildman–Crippen LogP) is 4.02. The summed E-state index contributed by atoms with van der Waals surface area (Å²) in [5.41, 5.74) is 2.42. The molecule has 4 rings (SSSR count). The van der Waals surface area contributed by atoms with Crippen molar-refractivity contribution >= 4 is 11.7 Å². The number of carbonyl (C=O) groups is 1. The van der Waals surface area contributed by atoms with E-state index in [9.17, 15) is 4.79 Å². The van der Waals surface area contributed by atoms with E-state index in [1.807, 2.05) is 47.4 Å². The Labute approximate surface area is 171 Å². The smallest absolute Gasteiger partial charge is 0.272 e. The third kappa shape index (κ3) is 4.77. The fourth-order valence-electron chi connectivity index (χ4n) is 3.59. The number of anilines is 1. The van der Waals surface area contributed by atoms with Gasteiger partial charge in [0.25, 0.3) is 5.91 Å². The number of hydrogen-bond donors (Lipinski definition) is 1. The second-order valence-corrected chi connectivity index (χ2v) is 7.54. The zero-order valence-electron chi connectivity index (χ0n) is 16.6. The van der Waals surface area contributed by atoms with Crippen molar-refractivity contribution in [3.8, 4) is 11.4 Å². The molecule has 29 heavy (non-hydrogen) atoms. The molecule has 1 atom stereocenters. The van der Waals surface area contributed by atoms with Gasteiger partial charge in [0.05, 0.1) is 0 Å². The van der Waals surface area contributed by atoms with Crippen molar-refractivity contribution in [1.82, 2.24) is 19.9 Å². The van der Waals surface area contributed by atoms with Gasteiger partial charge in [-0.3, -0.25) is 9.78 Å². The largest absolute Gasteiger partial charge is 0.366 e. The zero-order chi connectivity index (χ0) is 20.1. The van der Waals surface area contributed by atoms with E-state index in [0.29, 0.717) is 29.8 Å². The number of rotatable bonds is 5. The minimum absolute atomic E-state index is 0.0249. The quantitative estimate of drug-likeness (QED) is 0.716. The van der Waals surface area contributed by atoms with Gasteiger partial charge in [-0.15, -0.1) is 0 Å².